The number of methoxy groups -OCH3 is 1. The molecular formula is C7H12O12S2. The van der Waals surface area contributed by atoms with Crippen LogP contribution in [0.3, 0.4) is 0 Å². The van der Waals surface area contributed by atoms with Gasteiger partial charge in [0.15, 0.2) is 18.4 Å². The van der Waals surface area contributed by atoms with Crippen molar-refractivity contribution in [1.29, 1.82) is 0 Å². The first-order valence-electron chi connectivity index (χ1n) is 5.13. The summed E-state index contributed by atoms with van der Waals surface area (Å²) in [5, 5.41) is 20.2. The first-order chi connectivity index (χ1) is 9.80. The summed E-state index contributed by atoms with van der Waals surface area (Å²) in [6.07, 6.45) is -5.53. The molecule has 1 heterocycles. The fourth-order valence-corrected chi connectivity index (χ4v) is 2.52. The summed E-state index contributed by atoms with van der Waals surface area (Å²) < 4.78 is 53.1. The average Bonchev–Trinajstić information content (AvgIpc) is 2.37. The van der Waals surface area contributed by atoms with Gasteiger partial charge in [-0.25, -0.2) is 14.2 Å². The van der Waals surface area contributed by atoms with Gasteiger partial charge in [-0.15, -0.1) is 4.33 Å². The van der Waals surface area contributed by atoms with E-state index in [2.05, 4.69) is 13.6 Å². The maximum absolute atomic E-state index is 11.1. The first kappa shape index (κ1) is 18.5. The van der Waals surface area contributed by atoms with E-state index in [1.807, 2.05) is 0 Å². The number of hydrogen-bond donors (Lipinski definition) is 3. The van der Waals surface area contributed by atoms with Crippen LogP contribution in [0.5, 0.6) is 0 Å². The van der Waals surface area contributed by atoms with E-state index >= 15 is 0 Å². The predicted octanol–water partition coefficient (Wildman–Crippen LogP) is -0.958. The second kappa shape index (κ2) is 8.18. The lowest BCUT2D eigenvalue weighted by atomic mass is 10.00. The van der Waals surface area contributed by atoms with E-state index in [9.17, 15) is 13.2 Å². The molecule has 0 amide bonds. The number of carboxylic acid groups (broad SMARTS) is 1. The first-order valence-corrected chi connectivity index (χ1v) is 7.16. The highest BCUT2D eigenvalue weighted by atomic mass is 32.3. The molecule has 1 aliphatic rings. The van der Waals surface area contributed by atoms with Gasteiger partial charge >= 0.3 is 16.4 Å². The normalized spacial score (nSPS) is 30.2. The summed E-state index contributed by atoms with van der Waals surface area (Å²) in [5.41, 5.74) is 0. The molecule has 1 rings (SSSR count). The van der Waals surface area contributed by atoms with E-state index in [-0.39, 0.29) is 12.3 Å². The Labute approximate surface area is 123 Å². The van der Waals surface area contributed by atoms with Crippen molar-refractivity contribution < 1.29 is 55.3 Å². The number of carboxylic acids is 1. The van der Waals surface area contributed by atoms with Crippen LogP contribution in [0, 0.1) is 0 Å². The zero-order valence-corrected chi connectivity index (χ0v) is 12.0. The second-order valence-corrected chi connectivity index (χ2v) is 5.14. The van der Waals surface area contributed by atoms with Gasteiger partial charge in [0.1, 0.15) is 18.3 Å². The van der Waals surface area contributed by atoms with Gasteiger partial charge in [-0.1, -0.05) is 5.04 Å². The van der Waals surface area contributed by atoms with E-state index in [4.69, 9.17) is 28.6 Å². The fourth-order valence-electron chi connectivity index (χ4n) is 1.69. The summed E-state index contributed by atoms with van der Waals surface area (Å²) in [6, 6.07) is 0. The Balaban J connectivity index is 2.87. The average molecular weight is 352 g/mol. The lowest BCUT2D eigenvalue weighted by Gasteiger charge is -2.37. The SMILES string of the molecule is CO[C@H]1C(OS(=O)(=O)O)COC(C(=O)O)[C@@H]1OSOOO. The van der Waals surface area contributed by atoms with Crippen LogP contribution in [0.25, 0.3) is 0 Å². The van der Waals surface area contributed by atoms with E-state index in [0.29, 0.717) is 0 Å². The molecule has 1 fully saturated rings. The quantitative estimate of drug-likeness (QED) is 0.161. The highest BCUT2D eigenvalue weighted by Gasteiger charge is 2.48. The molecule has 0 aliphatic carbocycles. The minimum absolute atomic E-state index is 0.0570. The molecule has 0 saturated carbocycles. The Morgan fingerprint density at radius 2 is 2.05 bits per heavy atom. The number of hydrogen-bond acceptors (Lipinski definition) is 11. The molecule has 3 N–H and O–H groups in total. The second-order valence-electron chi connectivity index (χ2n) is 3.63. The molecule has 12 nitrogen and oxygen atoms in total. The van der Waals surface area contributed by atoms with Crippen molar-refractivity contribution in [1.82, 2.24) is 0 Å². The molecule has 124 valence electrons. The van der Waals surface area contributed by atoms with Gasteiger partial charge in [-0.3, -0.25) is 8.74 Å². The van der Waals surface area contributed by atoms with E-state index in [1.165, 1.54) is 0 Å². The summed E-state index contributed by atoms with van der Waals surface area (Å²) in [4.78, 5) is 11.1. The lowest BCUT2D eigenvalue weighted by Crippen LogP contribution is -2.58. The van der Waals surface area contributed by atoms with Gasteiger partial charge in [0, 0.05) is 7.11 Å². The van der Waals surface area contributed by atoms with Crippen molar-refractivity contribution in [3.8, 4) is 0 Å². The molecule has 14 heteroatoms. The molecule has 4 atom stereocenters. The highest BCUT2D eigenvalue weighted by molar-refractivity contribution is 7.89. The van der Waals surface area contributed by atoms with Crippen LogP contribution in [-0.2, 0) is 42.4 Å². The number of carbonyl (C=O) groups is 1. The molecule has 1 saturated heterocycles. The Bertz CT molecular complexity index is 437. The van der Waals surface area contributed by atoms with Crippen LogP contribution >= 0.6 is 12.3 Å². The van der Waals surface area contributed by atoms with Crippen molar-refractivity contribution in [3.05, 3.63) is 0 Å². The third-order valence-electron chi connectivity index (χ3n) is 2.40. The molecule has 0 radical (unpaired) electrons. The van der Waals surface area contributed by atoms with Crippen LogP contribution in [0.2, 0.25) is 0 Å². The summed E-state index contributed by atoms with van der Waals surface area (Å²) in [6.45, 7) is -0.489. The summed E-state index contributed by atoms with van der Waals surface area (Å²) >= 11 is 0.0570. The molecule has 2 unspecified atom stereocenters. The third kappa shape index (κ3) is 5.62. The Morgan fingerprint density at radius 1 is 1.38 bits per heavy atom. The minimum Gasteiger partial charge on any atom is -0.479 e. The Hall–Kier alpha value is -0.550. The van der Waals surface area contributed by atoms with Crippen LogP contribution in [0.1, 0.15) is 0 Å². The zero-order valence-electron chi connectivity index (χ0n) is 10.3. The maximum atomic E-state index is 11.1. The fraction of sp³-hybridized carbons (Fsp3) is 0.857. The Morgan fingerprint density at radius 3 is 2.52 bits per heavy atom. The minimum atomic E-state index is -4.82. The maximum Gasteiger partial charge on any atom is 0.397 e. The number of aliphatic carboxylic acids is 1. The van der Waals surface area contributed by atoms with Gasteiger partial charge in [0.2, 0.25) is 0 Å². The van der Waals surface area contributed by atoms with Crippen molar-refractivity contribution in [3.63, 3.8) is 0 Å². The predicted molar refractivity (Wildman–Crippen MR) is 61.9 cm³/mol. The van der Waals surface area contributed by atoms with Gasteiger partial charge in [0.25, 0.3) is 0 Å². The van der Waals surface area contributed by atoms with Crippen LogP contribution in [-0.4, -0.2) is 67.4 Å². The lowest BCUT2D eigenvalue weighted by molar-refractivity contribution is -0.434. The number of rotatable bonds is 8. The van der Waals surface area contributed by atoms with Crippen molar-refractivity contribution in [2.75, 3.05) is 13.7 Å². The van der Waals surface area contributed by atoms with Crippen LogP contribution < -0.4 is 0 Å². The van der Waals surface area contributed by atoms with Gasteiger partial charge in [0.05, 0.1) is 6.61 Å². The highest BCUT2D eigenvalue weighted by Crippen LogP contribution is 2.27. The standard InChI is InChI=1S/C7H12O12S2/c1-14-4-3(17-21(11,12)13)2-15-6(7(8)9)5(4)16-20-19-18-10/h3-6,10H,2H2,1H3,(H,8,9)(H,11,12,13)/t3?,4-,5+,6?/m0/s1. The van der Waals surface area contributed by atoms with Crippen LogP contribution in [0.4, 0.5) is 0 Å². The topological polar surface area (TPSA) is 167 Å². The van der Waals surface area contributed by atoms with Crippen molar-refractivity contribution >= 4 is 28.7 Å². The largest absolute Gasteiger partial charge is 0.479 e. The van der Waals surface area contributed by atoms with E-state index in [0.717, 1.165) is 7.11 Å². The Kier molecular flexibility index (Phi) is 7.21. The molecule has 0 spiro atoms. The monoisotopic (exact) mass is 352 g/mol. The molecule has 0 bridgehead atoms. The zero-order chi connectivity index (χ0) is 16.0. The molecule has 0 aromatic rings. The van der Waals surface area contributed by atoms with Gasteiger partial charge < -0.3 is 14.6 Å². The van der Waals surface area contributed by atoms with Gasteiger partial charge in [-0.2, -0.15) is 8.42 Å². The molecule has 1 aliphatic heterocycles. The molecule has 0 aromatic heterocycles. The molecule has 21 heavy (non-hydrogen) atoms. The number of ether oxygens (including phenoxy) is 2. The van der Waals surface area contributed by atoms with Crippen molar-refractivity contribution in [2.24, 2.45) is 0 Å². The van der Waals surface area contributed by atoms with Gasteiger partial charge in [-0.05, 0) is 0 Å². The smallest absolute Gasteiger partial charge is 0.397 e. The third-order valence-corrected chi connectivity index (χ3v) is 3.31. The summed E-state index contributed by atoms with van der Waals surface area (Å²) in [5.74, 6) is -1.42. The van der Waals surface area contributed by atoms with Crippen molar-refractivity contribution in [2.45, 2.75) is 24.4 Å². The van der Waals surface area contributed by atoms with E-state index < -0.39 is 47.4 Å². The molecular weight excluding hydrogens is 340 g/mol. The van der Waals surface area contributed by atoms with E-state index in [1.54, 1.807) is 0 Å². The summed E-state index contributed by atoms with van der Waals surface area (Å²) in [7, 11) is -3.68. The molecule has 0 aromatic carbocycles. The van der Waals surface area contributed by atoms with Crippen LogP contribution in [0.15, 0.2) is 0 Å².